The van der Waals surface area contributed by atoms with Gasteiger partial charge in [0.1, 0.15) is 0 Å². The third kappa shape index (κ3) is 3.06. The van der Waals surface area contributed by atoms with Crippen molar-refractivity contribution < 1.29 is 14.6 Å². The number of hydrogen-bond acceptors (Lipinski definition) is 4. The molecule has 0 aliphatic carbocycles. The molecule has 1 aromatic carbocycles. The molecular weight excluding hydrogens is 224 g/mol. The molecule has 90 valence electrons. The lowest BCUT2D eigenvalue weighted by atomic mass is 10.1. The first-order valence-electron chi connectivity index (χ1n) is 5.09. The predicted molar refractivity (Wildman–Crippen MR) is 66.7 cm³/mol. The van der Waals surface area contributed by atoms with Crippen molar-refractivity contribution >= 4 is 11.8 Å². The first kappa shape index (κ1) is 13.2. The number of thioether (sulfide) groups is 1. The molecule has 3 nitrogen and oxygen atoms in total. The van der Waals surface area contributed by atoms with E-state index in [1.807, 2.05) is 18.4 Å². The van der Waals surface area contributed by atoms with Gasteiger partial charge in [-0.15, -0.1) is 11.8 Å². The van der Waals surface area contributed by atoms with Crippen LogP contribution in [0.25, 0.3) is 0 Å². The van der Waals surface area contributed by atoms with Gasteiger partial charge in [0, 0.05) is 4.90 Å². The molecule has 0 saturated carbocycles. The summed E-state index contributed by atoms with van der Waals surface area (Å²) in [6, 6.07) is 3.87. The Balaban J connectivity index is 3.15. The van der Waals surface area contributed by atoms with Gasteiger partial charge in [-0.1, -0.05) is 0 Å². The summed E-state index contributed by atoms with van der Waals surface area (Å²) in [5.74, 6) is 1.43. The van der Waals surface area contributed by atoms with Crippen molar-refractivity contribution in [1.82, 2.24) is 0 Å². The van der Waals surface area contributed by atoms with E-state index in [1.165, 1.54) is 0 Å². The third-order valence-corrected chi connectivity index (χ3v) is 3.12. The van der Waals surface area contributed by atoms with Crippen LogP contribution in [0.3, 0.4) is 0 Å². The van der Waals surface area contributed by atoms with Gasteiger partial charge < -0.3 is 14.6 Å². The SMILES string of the molecule is COc1cc(CC(C)O)c(SC)cc1OC. The van der Waals surface area contributed by atoms with Gasteiger partial charge in [0.25, 0.3) is 0 Å². The first-order chi connectivity index (χ1) is 7.62. The number of aliphatic hydroxyl groups excluding tert-OH is 1. The fraction of sp³-hybridized carbons (Fsp3) is 0.500. The Bertz CT molecular complexity index is 350. The normalized spacial score (nSPS) is 12.3. The summed E-state index contributed by atoms with van der Waals surface area (Å²) in [5.41, 5.74) is 1.08. The Morgan fingerprint density at radius 1 is 1.25 bits per heavy atom. The van der Waals surface area contributed by atoms with Gasteiger partial charge in [0.05, 0.1) is 20.3 Å². The van der Waals surface area contributed by atoms with Gasteiger partial charge in [-0.05, 0) is 37.3 Å². The van der Waals surface area contributed by atoms with Gasteiger partial charge in [0.2, 0.25) is 0 Å². The van der Waals surface area contributed by atoms with E-state index in [2.05, 4.69) is 0 Å². The number of aliphatic hydroxyl groups is 1. The van der Waals surface area contributed by atoms with Crippen molar-refractivity contribution in [3.8, 4) is 11.5 Å². The molecule has 1 aromatic rings. The molecule has 4 heteroatoms. The van der Waals surface area contributed by atoms with Gasteiger partial charge in [-0.25, -0.2) is 0 Å². The molecule has 1 unspecified atom stereocenters. The van der Waals surface area contributed by atoms with Crippen LogP contribution >= 0.6 is 11.8 Å². The van der Waals surface area contributed by atoms with Crippen molar-refractivity contribution in [2.75, 3.05) is 20.5 Å². The van der Waals surface area contributed by atoms with Crippen LogP contribution in [-0.2, 0) is 6.42 Å². The molecule has 0 amide bonds. The van der Waals surface area contributed by atoms with Crippen molar-refractivity contribution in [1.29, 1.82) is 0 Å². The highest BCUT2D eigenvalue weighted by molar-refractivity contribution is 7.98. The molecule has 0 aliphatic rings. The van der Waals surface area contributed by atoms with Crippen molar-refractivity contribution in [2.45, 2.75) is 24.3 Å². The number of benzene rings is 1. The highest BCUT2D eigenvalue weighted by Gasteiger charge is 2.12. The minimum absolute atomic E-state index is 0.357. The molecule has 0 spiro atoms. The smallest absolute Gasteiger partial charge is 0.161 e. The van der Waals surface area contributed by atoms with Crippen LogP contribution in [0.15, 0.2) is 17.0 Å². The second kappa shape index (κ2) is 6.01. The lowest BCUT2D eigenvalue weighted by Crippen LogP contribution is -2.06. The topological polar surface area (TPSA) is 38.7 Å². The molecule has 0 saturated heterocycles. The zero-order valence-corrected chi connectivity index (χ0v) is 10.9. The van der Waals surface area contributed by atoms with E-state index < -0.39 is 0 Å². The van der Waals surface area contributed by atoms with Gasteiger partial charge in [-0.2, -0.15) is 0 Å². The molecule has 1 rings (SSSR count). The number of ether oxygens (including phenoxy) is 2. The lowest BCUT2D eigenvalue weighted by molar-refractivity contribution is 0.194. The second-order valence-corrected chi connectivity index (χ2v) is 4.42. The van der Waals surface area contributed by atoms with Gasteiger partial charge in [-0.3, -0.25) is 0 Å². The summed E-state index contributed by atoms with van der Waals surface area (Å²) in [6.45, 7) is 1.78. The molecule has 0 aromatic heterocycles. The fourth-order valence-electron chi connectivity index (χ4n) is 1.57. The van der Waals surface area contributed by atoms with Crippen molar-refractivity contribution in [2.24, 2.45) is 0 Å². The summed E-state index contributed by atoms with van der Waals surface area (Å²) in [4.78, 5) is 1.11. The van der Waals surface area contributed by atoms with E-state index >= 15 is 0 Å². The van der Waals surface area contributed by atoms with Crippen LogP contribution in [0.2, 0.25) is 0 Å². The van der Waals surface area contributed by atoms with Crippen LogP contribution in [0.5, 0.6) is 11.5 Å². The summed E-state index contributed by atoms with van der Waals surface area (Å²) < 4.78 is 10.5. The molecular formula is C12H18O3S. The molecule has 0 bridgehead atoms. The highest BCUT2D eigenvalue weighted by atomic mass is 32.2. The van der Waals surface area contributed by atoms with E-state index in [9.17, 15) is 5.11 Å². The maximum Gasteiger partial charge on any atom is 0.161 e. The van der Waals surface area contributed by atoms with Crippen LogP contribution < -0.4 is 9.47 Å². The quantitative estimate of drug-likeness (QED) is 0.804. The maximum atomic E-state index is 9.43. The zero-order valence-electron chi connectivity index (χ0n) is 10.1. The Morgan fingerprint density at radius 2 is 1.81 bits per heavy atom. The van der Waals surface area contributed by atoms with Crippen LogP contribution in [-0.4, -0.2) is 31.7 Å². The summed E-state index contributed by atoms with van der Waals surface area (Å²) in [5, 5.41) is 9.43. The lowest BCUT2D eigenvalue weighted by Gasteiger charge is -2.14. The maximum absolute atomic E-state index is 9.43. The predicted octanol–water partition coefficient (Wildman–Crippen LogP) is 2.35. The molecule has 16 heavy (non-hydrogen) atoms. The number of hydrogen-bond donors (Lipinski definition) is 1. The molecule has 0 aliphatic heterocycles. The highest BCUT2D eigenvalue weighted by Crippen LogP contribution is 2.35. The molecule has 1 N–H and O–H groups in total. The molecule has 1 atom stereocenters. The molecule has 0 radical (unpaired) electrons. The average Bonchev–Trinajstić information content (AvgIpc) is 2.27. The van der Waals surface area contributed by atoms with Crippen molar-refractivity contribution in [3.05, 3.63) is 17.7 Å². The Labute approximate surface area is 101 Å². The zero-order chi connectivity index (χ0) is 12.1. The Morgan fingerprint density at radius 3 is 2.25 bits per heavy atom. The van der Waals surface area contributed by atoms with Crippen LogP contribution in [0, 0.1) is 0 Å². The van der Waals surface area contributed by atoms with Crippen LogP contribution in [0.1, 0.15) is 12.5 Å². The van der Waals surface area contributed by atoms with Crippen molar-refractivity contribution in [3.63, 3.8) is 0 Å². The van der Waals surface area contributed by atoms with E-state index in [4.69, 9.17) is 9.47 Å². The van der Waals surface area contributed by atoms with E-state index in [1.54, 1.807) is 32.9 Å². The van der Waals surface area contributed by atoms with Gasteiger partial charge in [0.15, 0.2) is 11.5 Å². The third-order valence-electron chi connectivity index (χ3n) is 2.30. The second-order valence-electron chi connectivity index (χ2n) is 3.57. The average molecular weight is 242 g/mol. The van der Waals surface area contributed by atoms with Gasteiger partial charge >= 0.3 is 0 Å². The van der Waals surface area contributed by atoms with E-state index in [0.29, 0.717) is 12.2 Å². The van der Waals surface area contributed by atoms with E-state index in [-0.39, 0.29) is 6.10 Å². The monoisotopic (exact) mass is 242 g/mol. The summed E-state index contributed by atoms with van der Waals surface area (Å²) >= 11 is 1.64. The van der Waals surface area contributed by atoms with E-state index in [0.717, 1.165) is 16.2 Å². The summed E-state index contributed by atoms with van der Waals surface area (Å²) in [7, 11) is 3.24. The largest absolute Gasteiger partial charge is 0.493 e. The van der Waals surface area contributed by atoms with Crippen LogP contribution in [0.4, 0.5) is 0 Å². The minimum atomic E-state index is -0.357. The Kier molecular flexibility index (Phi) is 4.96. The fourth-order valence-corrected chi connectivity index (χ4v) is 2.20. The molecule has 0 fully saturated rings. The molecule has 0 heterocycles. The Hall–Kier alpha value is -0.870. The number of rotatable bonds is 5. The summed E-state index contributed by atoms with van der Waals surface area (Å²) in [6.07, 6.45) is 2.27. The minimum Gasteiger partial charge on any atom is -0.493 e. The number of methoxy groups -OCH3 is 2. The standard InChI is InChI=1S/C12H18O3S/c1-8(13)5-9-6-10(14-2)11(15-3)7-12(9)16-4/h6-8,13H,5H2,1-4H3. The first-order valence-corrected chi connectivity index (χ1v) is 6.31.